The number of ether oxygens (including phenoxy) is 1. The average Bonchev–Trinajstić information content (AvgIpc) is 2.19. The van der Waals surface area contributed by atoms with Gasteiger partial charge in [-0.1, -0.05) is 92.8 Å². The second-order valence-corrected chi connectivity index (χ2v) is 7.88. The molecule has 0 bridgehead atoms. The van der Waals surface area contributed by atoms with E-state index in [0.29, 0.717) is 0 Å². The Labute approximate surface area is 135 Å². The Hall–Kier alpha value is 2.14. The predicted molar refractivity (Wildman–Crippen MR) is 68.6 cm³/mol. The number of halogens is 10. The van der Waals surface area contributed by atoms with Gasteiger partial charge in [0.15, 0.2) is 0 Å². The minimum Gasteiger partial charge on any atom is -0.337 e. The minimum atomic E-state index is -4.16. The Bertz CT molecular complexity index is 304. The van der Waals surface area contributed by atoms with Crippen molar-refractivity contribution in [2.75, 3.05) is 6.07 Å². The lowest BCUT2D eigenvalue weighted by Crippen LogP contribution is -2.53. The molecule has 0 N–H and O–H groups in total. The lowest BCUT2D eigenvalue weighted by molar-refractivity contribution is -0.0386. The molecule has 1 atom stereocenters. The van der Waals surface area contributed by atoms with Crippen LogP contribution >= 0.6 is 92.8 Å². The lowest BCUT2D eigenvalue weighted by Gasteiger charge is -2.37. The third-order valence-electron chi connectivity index (χ3n) is 2.24. The van der Waals surface area contributed by atoms with E-state index in [2.05, 4.69) is 4.74 Å². The zero-order valence-electron chi connectivity index (χ0n) is 7.39. The van der Waals surface area contributed by atoms with E-state index in [-0.39, 0.29) is 0 Å². The van der Waals surface area contributed by atoms with Gasteiger partial charge in [0.25, 0.3) is 0 Å². The Morgan fingerprint density at radius 1 is 0.765 bits per heavy atom. The molecule has 0 spiro atoms. The van der Waals surface area contributed by atoms with Crippen LogP contribution in [0.1, 0.15) is 0 Å². The summed E-state index contributed by atoms with van der Waals surface area (Å²) in [6, 6.07) is -0.661. The summed E-state index contributed by atoms with van der Waals surface area (Å²) in [6.07, 6.45) is 0. The van der Waals surface area contributed by atoms with Crippen LogP contribution < -0.4 is 0 Å². The minimum absolute atomic E-state index is 0.661. The maximum atomic E-state index is 13.9. The van der Waals surface area contributed by atoms with Crippen LogP contribution in [0.4, 0.5) is 8.78 Å². The van der Waals surface area contributed by atoms with E-state index in [9.17, 15) is 8.78 Å². The molecule has 102 valence electrons. The van der Waals surface area contributed by atoms with E-state index in [1.54, 1.807) is 0 Å². The molecule has 1 rings (SSSR count). The SMILES string of the molecule is FC1(F)C(Cl)(Cl)C(Cl)(Cl)C(Cl)(OCCl)C1(Cl)Cl. The molecule has 0 aliphatic heterocycles. The zero-order valence-corrected chi connectivity index (χ0v) is 13.4. The summed E-state index contributed by atoms with van der Waals surface area (Å²) in [4.78, 5) is 0. The van der Waals surface area contributed by atoms with Gasteiger partial charge in [0.2, 0.25) is 18.1 Å². The van der Waals surface area contributed by atoms with Crippen LogP contribution in [0.3, 0.4) is 0 Å². The van der Waals surface area contributed by atoms with Gasteiger partial charge >= 0.3 is 5.92 Å². The van der Waals surface area contributed by atoms with Crippen LogP contribution in [0, 0.1) is 0 Å². The molecular weight excluding hydrogens is 410 g/mol. The number of rotatable bonds is 2. The maximum absolute atomic E-state index is 13.9. The van der Waals surface area contributed by atoms with Crippen molar-refractivity contribution in [3.63, 3.8) is 0 Å². The van der Waals surface area contributed by atoms with Crippen LogP contribution in [-0.4, -0.2) is 30.0 Å². The Morgan fingerprint density at radius 2 is 1.18 bits per heavy atom. The van der Waals surface area contributed by atoms with Crippen LogP contribution in [0.15, 0.2) is 0 Å². The summed E-state index contributed by atoms with van der Waals surface area (Å²) in [5.41, 5.74) is 0. The fraction of sp³-hybridized carbons (Fsp3) is 1.00. The van der Waals surface area contributed by atoms with Gasteiger partial charge in [-0.05, 0) is 0 Å². The highest BCUT2D eigenvalue weighted by atomic mass is 35.5. The summed E-state index contributed by atoms with van der Waals surface area (Å²) in [5.74, 6) is -4.16. The molecule has 1 saturated carbocycles. The summed E-state index contributed by atoms with van der Waals surface area (Å²) in [7, 11) is 0. The van der Waals surface area contributed by atoms with Crippen molar-refractivity contribution in [1.29, 1.82) is 0 Å². The fourth-order valence-corrected chi connectivity index (χ4v) is 4.13. The van der Waals surface area contributed by atoms with Gasteiger partial charge < -0.3 is 4.74 Å². The highest BCUT2D eigenvalue weighted by Gasteiger charge is 2.91. The maximum Gasteiger partial charge on any atom is 0.320 e. The van der Waals surface area contributed by atoms with E-state index in [4.69, 9.17) is 92.8 Å². The van der Waals surface area contributed by atoms with E-state index in [1.165, 1.54) is 0 Å². The Kier molecular flexibility index (Phi) is 4.62. The third-order valence-corrected chi connectivity index (χ3v) is 6.95. The normalized spacial score (nSPS) is 37.1. The van der Waals surface area contributed by atoms with Crippen LogP contribution in [0.2, 0.25) is 0 Å². The number of hydrogen-bond donors (Lipinski definition) is 0. The molecule has 1 nitrogen and oxygen atoms in total. The van der Waals surface area contributed by atoms with Gasteiger partial charge in [-0.15, -0.1) is 0 Å². The fourth-order valence-electron chi connectivity index (χ4n) is 1.25. The highest BCUT2D eigenvalue weighted by Crippen LogP contribution is 2.75. The van der Waals surface area contributed by atoms with Crippen LogP contribution in [0.5, 0.6) is 0 Å². The van der Waals surface area contributed by atoms with Crippen molar-refractivity contribution in [2.45, 2.75) is 24.0 Å². The van der Waals surface area contributed by atoms with Crippen molar-refractivity contribution in [3.8, 4) is 0 Å². The first-order chi connectivity index (χ1) is 7.31. The average molecular weight is 412 g/mol. The van der Waals surface area contributed by atoms with Crippen molar-refractivity contribution < 1.29 is 13.5 Å². The molecule has 1 unspecified atom stereocenters. The number of hydrogen-bond acceptors (Lipinski definition) is 1. The lowest BCUT2D eigenvalue weighted by atomic mass is 10.2. The van der Waals surface area contributed by atoms with Gasteiger partial charge in [-0.2, -0.15) is 8.78 Å². The predicted octanol–water partition coefficient (Wildman–Crippen LogP) is 5.30. The van der Waals surface area contributed by atoms with Gasteiger partial charge in [0, 0.05) is 0 Å². The largest absolute Gasteiger partial charge is 0.337 e. The summed E-state index contributed by atoms with van der Waals surface area (Å²) in [5, 5.41) is -2.71. The highest BCUT2D eigenvalue weighted by molar-refractivity contribution is 6.70. The zero-order chi connectivity index (χ0) is 13.9. The quantitative estimate of drug-likeness (QED) is 0.560. The first kappa shape index (κ1) is 17.2. The smallest absolute Gasteiger partial charge is 0.320 e. The molecule has 0 aromatic carbocycles. The summed E-state index contributed by atoms with van der Waals surface area (Å²) < 4.78 is 23.6. The van der Waals surface area contributed by atoms with Gasteiger partial charge in [-0.3, -0.25) is 0 Å². The standard InChI is InChI=1S/C6H2Cl8F2O/c7-1-17-5(14)2(8,9)3(10,11)6(15,16)4(5,12)13/h1H2. The van der Waals surface area contributed by atoms with E-state index in [0.717, 1.165) is 0 Å². The molecule has 0 aromatic heterocycles. The molecule has 17 heavy (non-hydrogen) atoms. The Balaban J connectivity index is 3.53. The van der Waals surface area contributed by atoms with Crippen molar-refractivity contribution >= 4 is 92.8 Å². The van der Waals surface area contributed by atoms with Crippen LogP contribution in [0.25, 0.3) is 0 Å². The molecule has 1 aliphatic carbocycles. The first-order valence-corrected chi connectivity index (χ1v) is 6.89. The molecule has 0 heterocycles. The Morgan fingerprint density at radius 3 is 1.41 bits per heavy atom. The molecular formula is C6H2Cl8F2O. The second-order valence-electron chi connectivity index (χ2n) is 3.15. The van der Waals surface area contributed by atoms with Gasteiger partial charge in [0.05, 0.1) is 0 Å². The van der Waals surface area contributed by atoms with Crippen molar-refractivity contribution in [1.82, 2.24) is 0 Å². The second kappa shape index (κ2) is 4.57. The molecule has 1 aliphatic rings. The third kappa shape index (κ3) is 1.81. The molecule has 0 aromatic rings. The summed E-state index contributed by atoms with van der Waals surface area (Å²) >= 11 is 44.1. The number of alkyl halides is 10. The van der Waals surface area contributed by atoms with E-state index in [1.807, 2.05) is 0 Å². The first-order valence-electron chi connectivity index (χ1n) is 3.71. The van der Waals surface area contributed by atoms with Crippen molar-refractivity contribution in [3.05, 3.63) is 0 Å². The van der Waals surface area contributed by atoms with Gasteiger partial charge in [0.1, 0.15) is 6.07 Å². The molecule has 0 radical (unpaired) electrons. The molecule has 1 fully saturated rings. The molecule has 0 amide bonds. The monoisotopic (exact) mass is 408 g/mol. The molecule has 11 heteroatoms. The van der Waals surface area contributed by atoms with Crippen LogP contribution in [-0.2, 0) is 4.74 Å². The topological polar surface area (TPSA) is 9.23 Å². The van der Waals surface area contributed by atoms with Gasteiger partial charge in [-0.25, -0.2) is 0 Å². The summed E-state index contributed by atoms with van der Waals surface area (Å²) in [6.45, 7) is 0. The van der Waals surface area contributed by atoms with E-state index >= 15 is 0 Å². The van der Waals surface area contributed by atoms with E-state index < -0.39 is 30.0 Å². The van der Waals surface area contributed by atoms with Crippen molar-refractivity contribution in [2.24, 2.45) is 0 Å². The molecule has 0 saturated heterocycles.